The molecule has 0 aliphatic heterocycles. The molecule has 0 heterocycles. The zero-order chi connectivity index (χ0) is 20.8. The van der Waals surface area contributed by atoms with Crippen LogP contribution in [0.2, 0.25) is 0 Å². The summed E-state index contributed by atoms with van der Waals surface area (Å²) in [5, 5.41) is 35.7. The van der Waals surface area contributed by atoms with E-state index in [1.54, 1.807) is 0 Å². The summed E-state index contributed by atoms with van der Waals surface area (Å²) in [6.07, 6.45) is 8.45. The van der Waals surface area contributed by atoms with E-state index in [4.69, 9.17) is 0 Å². The van der Waals surface area contributed by atoms with Crippen molar-refractivity contribution in [1.82, 2.24) is 5.43 Å². The topological polar surface area (TPSA) is 148 Å². The number of phenolic OH excluding ortho intramolecular Hbond substituents is 1. The molecule has 0 spiro atoms. The van der Waals surface area contributed by atoms with Crippen molar-refractivity contribution in [3.05, 3.63) is 37.9 Å². The molecule has 4 bridgehead atoms. The molecule has 0 unspecified atom stereocenters. The van der Waals surface area contributed by atoms with Gasteiger partial charge in [-0.2, -0.15) is 5.10 Å². The molecule has 0 aromatic heterocycles. The van der Waals surface area contributed by atoms with E-state index >= 15 is 0 Å². The second-order valence-electron chi connectivity index (χ2n) is 8.80. The fourth-order valence-electron chi connectivity index (χ4n) is 6.03. The summed E-state index contributed by atoms with van der Waals surface area (Å²) in [6, 6.07) is 1.65. The summed E-state index contributed by atoms with van der Waals surface area (Å²) >= 11 is 0. The minimum Gasteiger partial charge on any atom is -0.502 e. The number of hydrazone groups is 1. The molecule has 1 aromatic rings. The van der Waals surface area contributed by atoms with Gasteiger partial charge >= 0.3 is 5.69 Å². The molecule has 154 valence electrons. The number of nitro groups is 2. The molecule has 0 radical (unpaired) electrons. The molecule has 1 amide bonds. The van der Waals surface area contributed by atoms with Crippen LogP contribution in [0.25, 0.3) is 0 Å². The Balaban J connectivity index is 1.44. The highest BCUT2D eigenvalue weighted by Gasteiger charge is 2.51. The number of non-ortho nitro benzene ring substituents is 1. The van der Waals surface area contributed by atoms with Gasteiger partial charge in [0.25, 0.3) is 5.69 Å². The largest absolute Gasteiger partial charge is 0.502 e. The van der Waals surface area contributed by atoms with Crippen molar-refractivity contribution >= 4 is 23.5 Å². The van der Waals surface area contributed by atoms with E-state index in [1.807, 2.05) is 0 Å². The lowest BCUT2D eigenvalue weighted by Gasteiger charge is -2.56. The number of carbonyl (C=O) groups excluding carboxylic acids is 1. The number of nitrogens with one attached hydrogen (secondary N) is 1. The maximum absolute atomic E-state index is 12.4. The van der Waals surface area contributed by atoms with E-state index in [0.29, 0.717) is 12.5 Å². The highest BCUT2D eigenvalue weighted by atomic mass is 16.6. The Morgan fingerprint density at radius 1 is 1.14 bits per heavy atom. The first-order valence-electron chi connectivity index (χ1n) is 9.72. The first-order valence-corrected chi connectivity index (χ1v) is 9.72. The molecule has 0 saturated heterocycles. The number of hydrogen-bond acceptors (Lipinski definition) is 7. The van der Waals surface area contributed by atoms with Crippen LogP contribution in [-0.4, -0.2) is 27.1 Å². The van der Waals surface area contributed by atoms with E-state index in [-0.39, 0.29) is 16.9 Å². The molecule has 1 aromatic carbocycles. The maximum atomic E-state index is 12.4. The Kier molecular flexibility index (Phi) is 4.71. The number of benzene rings is 1. The third kappa shape index (κ3) is 3.79. The molecule has 29 heavy (non-hydrogen) atoms. The van der Waals surface area contributed by atoms with Gasteiger partial charge in [-0.15, -0.1) is 0 Å². The van der Waals surface area contributed by atoms with Crippen LogP contribution in [0.1, 0.15) is 50.5 Å². The summed E-state index contributed by atoms with van der Waals surface area (Å²) in [5.41, 5.74) is 0.909. The van der Waals surface area contributed by atoms with Crippen LogP contribution >= 0.6 is 0 Å². The predicted octanol–water partition coefficient (Wildman–Crippen LogP) is 3.27. The molecule has 10 nitrogen and oxygen atoms in total. The molecule has 4 fully saturated rings. The number of amides is 1. The van der Waals surface area contributed by atoms with E-state index in [0.717, 1.165) is 49.3 Å². The monoisotopic (exact) mass is 402 g/mol. The van der Waals surface area contributed by atoms with E-state index in [2.05, 4.69) is 10.5 Å². The van der Waals surface area contributed by atoms with Crippen LogP contribution < -0.4 is 5.43 Å². The average molecular weight is 402 g/mol. The maximum Gasteiger partial charge on any atom is 0.318 e. The van der Waals surface area contributed by atoms with E-state index in [9.17, 15) is 30.1 Å². The molecular formula is C19H22N4O6. The Morgan fingerprint density at radius 3 is 2.24 bits per heavy atom. The molecule has 4 saturated carbocycles. The standard InChI is InChI=1S/C19H22N4O6/c24-17(9-19-6-11-1-12(7-19)3-13(2-11)8-19)21-20-10-14-4-15(22(26)27)5-16(18(14)25)23(28)29/h4-5,10-13,25H,1-3,6-9H2,(H,21,24)/b20-10+. The van der Waals surface area contributed by atoms with E-state index < -0.39 is 27.0 Å². The lowest BCUT2D eigenvalue weighted by Crippen LogP contribution is -2.47. The van der Waals surface area contributed by atoms with Gasteiger partial charge in [0.2, 0.25) is 11.7 Å². The van der Waals surface area contributed by atoms with Crippen LogP contribution in [0.4, 0.5) is 11.4 Å². The molecule has 4 aliphatic rings. The number of nitrogens with zero attached hydrogens (tertiary/aromatic N) is 3. The van der Waals surface area contributed by atoms with Crippen molar-refractivity contribution in [1.29, 1.82) is 0 Å². The Labute approximate surface area is 166 Å². The third-order valence-electron chi connectivity index (χ3n) is 6.61. The molecule has 0 atom stereocenters. The summed E-state index contributed by atoms with van der Waals surface area (Å²) in [7, 11) is 0. The van der Waals surface area contributed by atoms with Crippen LogP contribution in [0.3, 0.4) is 0 Å². The van der Waals surface area contributed by atoms with Gasteiger partial charge in [-0.3, -0.25) is 25.0 Å². The van der Waals surface area contributed by atoms with Gasteiger partial charge in [0.1, 0.15) is 0 Å². The highest BCUT2D eigenvalue weighted by molar-refractivity contribution is 5.88. The van der Waals surface area contributed by atoms with Gasteiger partial charge in [-0.25, -0.2) is 5.43 Å². The first kappa shape index (κ1) is 19.3. The summed E-state index contributed by atoms with van der Waals surface area (Å²) < 4.78 is 0. The molecular weight excluding hydrogens is 380 g/mol. The Bertz CT molecular complexity index is 877. The zero-order valence-electron chi connectivity index (χ0n) is 15.7. The van der Waals surface area contributed by atoms with Crippen LogP contribution in [-0.2, 0) is 4.79 Å². The van der Waals surface area contributed by atoms with Crippen LogP contribution in [0.15, 0.2) is 17.2 Å². The predicted molar refractivity (Wildman–Crippen MR) is 102 cm³/mol. The molecule has 10 heteroatoms. The SMILES string of the molecule is O=C(CC12CC3CC(CC(C3)C1)C2)N/N=C/c1cc([N+](=O)[O-])cc([N+](=O)[O-])c1O. The Morgan fingerprint density at radius 2 is 1.72 bits per heavy atom. The second-order valence-corrected chi connectivity index (χ2v) is 8.80. The minimum atomic E-state index is -0.911. The quantitative estimate of drug-likeness (QED) is 0.424. The lowest BCUT2D eigenvalue weighted by molar-refractivity contribution is -0.394. The number of rotatable bonds is 6. The van der Waals surface area contributed by atoms with Gasteiger partial charge in [0.15, 0.2) is 0 Å². The van der Waals surface area contributed by atoms with Crippen molar-refractivity contribution in [2.45, 2.75) is 44.9 Å². The number of phenols is 1. The first-order chi connectivity index (χ1) is 13.7. The third-order valence-corrected chi connectivity index (χ3v) is 6.61. The van der Waals surface area contributed by atoms with Gasteiger partial charge in [-0.05, 0) is 61.7 Å². The summed E-state index contributed by atoms with van der Waals surface area (Å²) in [5.74, 6) is 1.18. The van der Waals surface area contributed by atoms with Gasteiger partial charge in [0, 0.05) is 12.5 Å². The normalized spacial score (nSPS) is 29.9. The van der Waals surface area contributed by atoms with Crippen molar-refractivity contribution in [2.24, 2.45) is 28.3 Å². The van der Waals surface area contributed by atoms with Crippen LogP contribution in [0.5, 0.6) is 5.75 Å². The highest BCUT2D eigenvalue weighted by Crippen LogP contribution is 2.61. The van der Waals surface area contributed by atoms with Crippen molar-refractivity contribution in [3.8, 4) is 5.75 Å². The van der Waals surface area contributed by atoms with Gasteiger partial charge in [0.05, 0.1) is 27.7 Å². The summed E-state index contributed by atoms with van der Waals surface area (Å²) in [6.45, 7) is 0. The molecule has 4 aliphatic carbocycles. The van der Waals surface area contributed by atoms with E-state index in [1.165, 1.54) is 19.3 Å². The number of aromatic hydroxyl groups is 1. The average Bonchev–Trinajstić information content (AvgIpc) is 2.61. The minimum absolute atomic E-state index is 0.0425. The lowest BCUT2D eigenvalue weighted by atomic mass is 9.49. The fourth-order valence-corrected chi connectivity index (χ4v) is 6.03. The fraction of sp³-hybridized carbons (Fsp3) is 0.579. The summed E-state index contributed by atoms with van der Waals surface area (Å²) in [4.78, 5) is 32.7. The van der Waals surface area contributed by atoms with Gasteiger partial charge in [-0.1, -0.05) is 0 Å². The number of carbonyl (C=O) groups is 1. The zero-order valence-corrected chi connectivity index (χ0v) is 15.7. The number of hydrogen-bond donors (Lipinski definition) is 2. The van der Waals surface area contributed by atoms with Crippen molar-refractivity contribution in [2.75, 3.05) is 0 Å². The molecule has 2 N–H and O–H groups in total. The number of nitro benzene ring substituents is 2. The van der Waals surface area contributed by atoms with Gasteiger partial charge < -0.3 is 5.11 Å². The molecule has 5 rings (SSSR count). The van der Waals surface area contributed by atoms with Crippen LogP contribution in [0, 0.1) is 43.4 Å². The smallest absolute Gasteiger partial charge is 0.318 e. The van der Waals surface area contributed by atoms with Crippen molar-refractivity contribution in [3.63, 3.8) is 0 Å². The van der Waals surface area contributed by atoms with Crippen molar-refractivity contribution < 1.29 is 19.7 Å². The Hall–Kier alpha value is -3.04. The second kappa shape index (κ2) is 7.09.